The Bertz CT molecular complexity index is 401. The van der Waals surface area contributed by atoms with Crippen LogP contribution in [0.1, 0.15) is 10.4 Å². The normalized spacial score (nSPS) is 11.4. The molecule has 0 aliphatic carbocycles. The molecule has 1 rings (SSSR count). The van der Waals surface area contributed by atoms with Crippen LogP contribution >= 0.6 is 11.3 Å². The van der Waals surface area contributed by atoms with Gasteiger partial charge in [-0.3, -0.25) is 0 Å². The standard InChI is InChI=1S/C6H6O4S2/c1-12(9,10)6-4(5(7)8)2-3-11-6/h2-3H,1H3,(H,7,8). The smallest absolute Gasteiger partial charge is 0.337 e. The van der Waals surface area contributed by atoms with Gasteiger partial charge < -0.3 is 5.11 Å². The summed E-state index contributed by atoms with van der Waals surface area (Å²) in [4.78, 5) is 10.5. The van der Waals surface area contributed by atoms with Crippen LogP contribution in [0.25, 0.3) is 0 Å². The fourth-order valence-corrected chi connectivity index (χ4v) is 2.77. The summed E-state index contributed by atoms with van der Waals surface area (Å²) in [5, 5.41) is 10.0. The van der Waals surface area contributed by atoms with E-state index in [9.17, 15) is 13.2 Å². The van der Waals surface area contributed by atoms with Gasteiger partial charge in [0.25, 0.3) is 0 Å². The number of carboxylic acid groups (broad SMARTS) is 1. The summed E-state index contributed by atoms with van der Waals surface area (Å²) in [5.41, 5.74) is -0.150. The molecule has 1 aromatic heterocycles. The lowest BCUT2D eigenvalue weighted by atomic mass is 10.4. The van der Waals surface area contributed by atoms with Crippen molar-refractivity contribution < 1.29 is 18.3 Å². The van der Waals surface area contributed by atoms with E-state index in [4.69, 9.17) is 5.11 Å². The van der Waals surface area contributed by atoms with Crippen molar-refractivity contribution in [1.29, 1.82) is 0 Å². The second kappa shape index (κ2) is 2.87. The first kappa shape index (κ1) is 9.21. The molecule has 0 atom stereocenters. The maximum Gasteiger partial charge on any atom is 0.337 e. The molecule has 1 aromatic rings. The Labute approximate surface area is 73.4 Å². The van der Waals surface area contributed by atoms with Crippen LogP contribution < -0.4 is 0 Å². The van der Waals surface area contributed by atoms with Gasteiger partial charge in [-0.1, -0.05) is 0 Å². The molecule has 4 nitrogen and oxygen atoms in total. The van der Waals surface area contributed by atoms with Crippen molar-refractivity contribution in [3.05, 3.63) is 17.0 Å². The second-order valence-electron chi connectivity index (χ2n) is 2.20. The van der Waals surface area contributed by atoms with Crippen molar-refractivity contribution in [3.63, 3.8) is 0 Å². The molecule has 0 radical (unpaired) electrons. The van der Waals surface area contributed by atoms with Crippen molar-refractivity contribution in [2.45, 2.75) is 4.21 Å². The van der Waals surface area contributed by atoms with Crippen LogP contribution in [0.5, 0.6) is 0 Å². The molecule has 0 saturated heterocycles. The molecule has 1 heterocycles. The van der Waals surface area contributed by atoms with Crippen molar-refractivity contribution in [2.75, 3.05) is 6.26 Å². The van der Waals surface area contributed by atoms with E-state index in [0.717, 1.165) is 17.6 Å². The molecule has 1 N–H and O–H groups in total. The van der Waals surface area contributed by atoms with Gasteiger partial charge in [-0.25, -0.2) is 13.2 Å². The highest BCUT2D eigenvalue weighted by atomic mass is 32.2. The van der Waals surface area contributed by atoms with Crippen LogP contribution in [0.2, 0.25) is 0 Å². The van der Waals surface area contributed by atoms with Gasteiger partial charge in [-0.15, -0.1) is 11.3 Å². The fraction of sp³-hybridized carbons (Fsp3) is 0.167. The largest absolute Gasteiger partial charge is 0.478 e. The number of thiophene rings is 1. The zero-order chi connectivity index (χ0) is 9.35. The van der Waals surface area contributed by atoms with Crippen molar-refractivity contribution in [2.24, 2.45) is 0 Å². The lowest BCUT2D eigenvalue weighted by Crippen LogP contribution is -2.03. The maximum atomic E-state index is 11.0. The minimum atomic E-state index is -3.40. The highest BCUT2D eigenvalue weighted by Crippen LogP contribution is 2.22. The zero-order valence-corrected chi connectivity index (χ0v) is 7.78. The highest BCUT2D eigenvalue weighted by molar-refractivity contribution is 7.92. The van der Waals surface area contributed by atoms with E-state index in [1.165, 1.54) is 11.4 Å². The van der Waals surface area contributed by atoms with Crippen LogP contribution in [0.15, 0.2) is 15.7 Å². The van der Waals surface area contributed by atoms with Crippen molar-refractivity contribution in [1.82, 2.24) is 0 Å². The second-order valence-corrected chi connectivity index (χ2v) is 5.33. The third-order valence-electron chi connectivity index (χ3n) is 1.20. The quantitative estimate of drug-likeness (QED) is 0.778. The van der Waals surface area contributed by atoms with E-state index < -0.39 is 15.8 Å². The Morgan fingerprint density at radius 3 is 2.50 bits per heavy atom. The Morgan fingerprint density at radius 2 is 2.17 bits per heavy atom. The van der Waals surface area contributed by atoms with Crippen molar-refractivity contribution >= 4 is 27.1 Å². The van der Waals surface area contributed by atoms with Gasteiger partial charge >= 0.3 is 5.97 Å². The number of hydrogen-bond acceptors (Lipinski definition) is 4. The van der Waals surface area contributed by atoms with Crippen LogP contribution in [0.4, 0.5) is 0 Å². The van der Waals surface area contributed by atoms with E-state index in [1.807, 2.05) is 0 Å². The van der Waals surface area contributed by atoms with E-state index >= 15 is 0 Å². The number of carbonyl (C=O) groups is 1. The Kier molecular flexibility index (Phi) is 2.20. The predicted molar refractivity (Wildman–Crippen MR) is 44.4 cm³/mol. The molecule has 0 saturated carbocycles. The molecule has 0 fully saturated rings. The summed E-state index contributed by atoms with van der Waals surface area (Å²) < 4.78 is 21.8. The van der Waals surface area contributed by atoms with Gasteiger partial charge in [-0.05, 0) is 11.4 Å². The van der Waals surface area contributed by atoms with E-state index in [-0.39, 0.29) is 9.77 Å². The number of carboxylic acids is 1. The molecule has 0 amide bonds. The monoisotopic (exact) mass is 206 g/mol. The number of rotatable bonds is 2. The molecule has 0 aliphatic rings. The molecule has 0 aromatic carbocycles. The van der Waals surface area contributed by atoms with Crippen molar-refractivity contribution in [3.8, 4) is 0 Å². The average molecular weight is 206 g/mol. The maximum absolute atomic E-state index is 11.0. The first-order valence-corrected chi connectivity index (χ1v) is 5.71. The molecule has 6 heteroatoms. The number of hydrogen-bond donors (Lipinski definition) is 1. The average Bonchev–Trinajstić information content (AvgIpc) is 2.30. The van der Waals surface area contributed by atoms with Gasteiger partial charge in [0.1, 0.15) is 4.21 Å². The predicted octanol–water partition coefficient (Wildman–Crippen LogP) is 0.850. The molecule has 66 valence electrons. The van der Waals surface area contributed by atoms with Gasteiger partial charge in [0, 0.05) is 6.26 Å². The summed E-state index contributed by atoms with van der Waals surface area (Å²) in [6.07, 6.45) is 0.991. The summed E-state index contributed by atoms with van der Waals surface area (Å²) in [6.45, 7) is 0. The van der Waals surface area contributed by atoms with E-state index in [0.29, 0.717) is 0 Å². The third-order valence-corrected chi connectivity index (χ3v) is 3.99. The number of sulfone groups is 1. The van der Waals surface area contributed by atoms with Gasteiger partial charge in [-0.2, -0.15) is 0 Å². The molecule has 12 heavy (non-hydrogen) atoms. The van der Waals surface area contributed by atoms with Gasteiger partial charge in [0.05, 0.1) is 5.56 Å². The summed E-state index contributed by atoms with van der Waals surface area (Å²) in [7, 11) is -3.40. The van der Waals surface area contributed by atoms with Gasteiger partial charge in [0.15, 0.2) is 9.84 Å². The molecule has 0 bridgehead atoms. The van der Waals surface area contributed by atoms with Crippen LogP contribution in [-0.2, 0) is 9.84 Å². The van der Waals surface area contributed by atoms with Gasteiger partial charge in [0.2, 0.25) is 0 Å². The fourth-order valence-electron chi connectivity index (χ4n) is 0.741. The highest BCUT2D eigenvalue weighted by Gasteiger charge is 2.19. The summed E-state index contributed by atoms with van der Waals surface area (Å²) in [6, 6.07) is 1.28. The molecule has 0 spiro atoms. The lowest BCUT2D eigenvalue weighted by Gasteiger charge is -1.94. The Balaban J connectivity index is 3.36. The summed E-state index contributed by atoms with van der Waals surface area (Å²) >= 11 is 0.916. The van der Waals surface area contributed by atoms with Crippen LogP contribution in [-0.4, -0.2) is 25.7 Å². The third kappa shape index (κ3) is 1.64. The molecule has 0 unspecified atom stereocenters. The first-order chi connectivity index (χ1) is 5.43. The topological polar surface area (TPSA) is 71.4 Å². The first-order valence-electron chi connectivity index (χ1n) is 2.94. The minimum absolute atomic E-state index is 0.0880. The lowest BCUT2D eigenvalue weighted by molar-refractivity contribution is 0.0693. The van der Waals surface area contributed by atoms with E-state index in [1.54, 1.807) is 0 Å². The number of aromatic carboxylic acids is 1. The zero-order valence-electron chi connectivity index (χ0n) is 6.14. The van der Waals surface area contributed by atoms with Crippen LogP contribution in [0, 0.1) is 0 Å². The molecule has 0 aliphatic heterocycles. The SMILES string of the molecule is CS(=O)(=O)c1sccc1C(=O)O. The molecular weight excluding hydrogens is 200 g/mol. The summed E-state index contributed by atoms with van der Waals surface area (Å²) in [5.74, 6) is -1.21. The Hall–Kier alpha value is -0.880. The molecular formula is C6H6O4S2. The Morgan fingerprint density at radius 1 is 1.58 bits per heavy atom. The van der Waals surface area contributed by atoms with E-state index in [2.05, 4.69) is 0 Å². The van der Waals surface area contributed by atoms with Crippen LogP contribution in [0.3, 0.4) is 0 Å². The minimum Gasteiger partial charge on any atom is -0.478 e.